The second kappa shape index (κ2) is 6.88. The molecule has 0 aromatic heterocycles. The summed E-state index contributed by atoms with van der Waals surface area (Å²) in [5.74, 6) is -0.0323. The van der Waals surface area contributed by atoms with Crippen molar-refractivity contribution < 1.29 is 4.79 Å². The quantitative estimate of drug-likeness (QED) is 0.752. The molecule has 0 amide bonds. The van der Waals surface area contributed by atoms with Gasteiger partial charge in [0.05, 0.1) is 6.07 Å². The molecule has 0 aliphatic heterocycles. The minimum Gasteiger partial charge on any atom is -0.294 e. The Hall–Kier alpha value is -2.11. The molecule has 0 saturated carbocycles. The van der Waals surface area contributed by atoms with Crippen LogP contribution in [0.4, 0.5) is 0 Å². The summed E-state index contributed by atoms with van der Waals surface area (Å²) in [5.41, 5.74) is 1.66. The minimum absolute atomic E-state index is 0.0331. The topological polar surface area (TPSA) is 40.9 Å². The molecule has 0 saturated heterocycles. The van der Waals surface area contributed by atoms with Gasteiger partial charge in [0.15, 0.2) is 5.78 Å². The highest BCUT2D eigenvalue weighted by Crippen LogP contribution is 2.25. The first-order valence-corrected chi connectivity index (χ1v) is 6.79. The van der Waals surface area contributed by atoms with Gasteiger partial charge in [0.1, 0.15) is 0 Å². The van der Waals surface area contributed by atoms with E-state index in [1.807, 2.05) is 30.3 Å². The smallest absolute Gasteiger partial charge is 0.163 e. The van der Waals surface area contributed by atoms with E-state index in [4.69, 9.17) is 16.9 Å². The van der Waals surface area contributed by atoms with E-state index < -0.39 is 0 Å². The van der Waals surface area contributed by atoms with Crippen molar-refractivity contribution in [1.29, 1.82) is 5.26 Å². The number of carbonyl (C=O) groups is 1. The lowest BCUT2D eigenvalue weighted by Crippen LogP contribution is -2.07. The summed E-state index contributed by atoms with van der Waals surface area (Å²) < 4.78 is 0. The summed E-state index contributed by atoms with van der Waals surface area (Å²) in [5, 5.41) is 9.55. The maximum Gasteiger partial charge on any atom is 0.163 e. The molecule has 1 unspecified atom stereocenters. The van der Waals surface area contributed by atoms with Crippen molar-refractivity contribution in [2.45, 2.75) is 18.8 Å². The van der Waals surface area contributed by atoms with Crippen molar-refractivity contribution in [3.05, 3.63) is 70.7 Å². The Morgan fingerprint density at radius 2 is 1.75 bits per heavy atom. The van der Waals surface area contributed by atoms with Crippen molar-refractivity contribution in [1.82, 2.24) is 0 Å². The van der Waals surface area contributed by atoms with Crippen molar-refractivity contribution in [3.63, 3.8) is 0 Å². The lowest BCUT2D eigenvalue weighted by Gasteiger charge is -2.13. The monoisotopic (exact) mass is 283 g/mol. The van der Waals surface area contributed by atoms with E-state index in [2.05, 4.69) is 6.07 Å². The van der Waals surface area contributed by atoms with Crippen LogP contribution in [0.3, 0.4) is 0 Å². The molecule has 1 atom stereocenters. The lowest BCUT2D eigenvalue weighted by atomic mass is 9.89. The predicted molar refractivity (Wildman–Crippen MR) is 79.8 cm³/mol. The van der Waals surface area contributed by atoms with Crippen LogP contribution in [-0.2, 0) is 0 Å². The van der Waals surface area contributed by atoms with Gasteiger partial charge in [0, 0.05) is 29.3 Å². The van der Waals surface area contributed by atoms with Gasteiger partial charge >= 0.3 is 0 Å². The second-order valence-corrected chi connectivity index (χ2v) is 5.04. The fraction of sp³-hybridized carbons (Fsp3) is 0.176. The molecule has 2 aromatic rings. The van der Waals surface area contributed by atoms with Gasteiger partial charge in [-0.3, -0.25) is 4.79 Å². The number of nitriles is 1. The largest absolute Gasteiger partial charge is 0.294 e. The van der Waals surface area contributed by atoms with E-state index in [9.17, 15) is 4.79 Å². The summed E-state index contributed by atoms with van der Waals surface area (Å²) in [6, 6.07) is 18.7. The Balaban J connectivity index is 2.14. The van der Waals surface area contributed by atoms with Crippen LogP contribution in [0.2, 0.25) is 5.02 Å². The van der Waals surface area contributed by atoms with Crippen LogP contribution >= 0.6 is 11.6 Å². The zero-order valence-electron chi connectivity index (χ0n) is 10.9. The van der Waals surface area contributed by atoms with Crippen molar-refractivity contribution in [2.24, 2.45) is 0 Å². The summed E-state index contributed by atoms with van der Waals surface area (Å²) in [6.07, 6.45) is 0.669. The zero-order valence-corrected chi connectivity index (χ0v) is 11.7. The molecule has 2 nitrogen and oxygen atoms in total. The Labute approximate surface area is 123 Å². The lowest BCUT2D eigenvalue weighted by molar-refractivity contribution is 0.0974. The van der Waals surface area contributed by atoms with E-state index >= 15 is 0 Å². The number of carbonyl (C=O) groups excluding carboxylic acids is 1. The summed E-state index contributed by atoms with van der Waals surface area (Å²) in [4.78, 5) is 12.3. The van der Waals surface area contributed by atoms with Crippen LogP contribution in [0, 0.1) is 11.3 Å². The fourth-order valence-electron chi connectivity index (χ4n) is 2.12. The minimum atomic E-state index is -0.0654. The van der Waals surface area contributed by atoms with Crippen LogP contribution in [-0.4, -0.2) is 5.78 Å². The average molecular weight is 284 g/mol. The number of hydrogen-bond acceptors (Lipinski definition) is 2. The predicted octanol–water partition coefficient (Wildman–Crippen LogP) is 4.61. The van der Waals surface area contributed by atoms with Gasteiger partial charge in [-0.1, -0.05) is 41.9 Å². The van der Waals surface area contributed by atoms with Crippen molar-refractivity contribution in [3.8, 4) is 6.07 Å². The molecule has 0 bridgehead atoms. The molecule has 0 aliphatic rings. The molecule has 100 valence electrons. The Bertz CT molecular complexity index is 614. The van der Waals surface area contributed by atoms with E-state index in [1.165, 1.54) is 0 Å². The molecular formula is C17H14ClNO. The SMILES string of the molecule is N#CCC(CC(=O)c1ccc(Cl)cc1)c1ccccc1. The number of halogens is 1. The van der Waals surface area contributed by atoms with E-state index in [-0.39, 0.29) is 11.7 Å². The average Bonchev–Trinajstić information content (AvgIpc) is 2.48. The van der Waals surface area contributed by atoms with Crippen LogP contribution in [0.25, 0.3) is 0 Å². The highest BCUT2D eigenvalue weighted by Gasteiger charge is 2.16. The van der Waals surface area contributed by atoms with E-state index in [0.29, 0.717) is 23.4 Å². The first kappa shape index (κ1) is 14.3. The first-order valence-electron chi connectivity index (χ1n) is 6.41. The summed E-state index contributed by atoms with van der Waals surface area (Å²) >= 11 is 5.81. The van der Waals surface area contributed by atoms with Crippen LogP contribution in [0.15, 0.2) is 54.6 Å². The molecule has 0 fully saturated rings. The van der Waals surface area contributed by atoms with Gasteiger partial charge in [-0.15, -0.1) is 0 Å². The molecule has 0 spiro atoms. The molecule has 0 radical (unpaired) electrons. The third-order valence-corrected chi connectivity index (χ3v) is 3.46. The molecule has 0 N–H and O–H groups in total. The normalized spacial score (nSPS) is 11.6. The standard InChI is InChI=1S/C17H14ClNO/c18-16-8-6-14(7-9-16)17(20)12-15(10-11-19)13-4-2-1-3-5-13/h1-9,15H,10,12H2. The number of ketones is 1. The molecule has 2 rings (SSSR count). The second-order valence-electron chi connectivity index (χ2n) is 4.60. The third kappa shape index (κ3) is 3.69. The molecule has 3 heteroatoms. The fourth-order valence-corrected chi connectivity index (χ4v) is 2.25. The van der Waals surface area contributed by atoms with Gasteiger partial charge in [0.2, 0.25) is 0 Å². The molecule has 20 heavy (non-hydrogen) atoms. The van der Waals surface area contributed by atoms with E-state index in [1.54, 1.807) is 24.3 Å². The summed E-state index contributed by atoms with van der Waals surface area (Å²) in [7, 11) is 0. The van der Waals surface area contributed by atoms with Gasteiger partial charge in [-0.2, -0.15) is 5.26 Å². The van der Waals surface area contributed by atoms with Crippen LogP contribution in [0.1, 0.15) is 34.7 Å². The summed E-state index contributed by atoms with van der Waals surface area (Å²) in [6.45, 7) is 0. The van der Waals surface area contributed by atoms with Crippen molar-refractivity contribution >= 4 is 17.4 Å². The zero-order chi connectivity index (χ0) is 14.4. The van der Waals surface area contributed by atoms with Crippen molar-refractivity contribution in [2.75, 3.05) is 0 Å². The number of rotatable bonds is 5. The maximum atomic E-state index is 12.3. The highest BCUT2D eigenvalue weighted by molar-refractivity contribution is 6.30. The third-order valence-electron chi connectivity index (χ3n) is 3.21. The number of Topliss-reactive ketones (excluding diaryl/α,β-unsaturated/α-hetero) is 1. The van der Waals surface area contributed by atoms with Gasteiger partial charge in [-0.05, 0) is 29.8 Å². The Kier molecular flexibility index (Phi) is 4.92. The first-order chi connectivity index (χ1) is 9.70. The van der Waals surface area contributed by atoms with Crippen LogP contribution in [0.5, 0.6) is 0 Å². The van der Waals surface area contributed by atoms with Gasteiger partial charge in [-0.25, -0.2) is 0 Å². The van der Waals surface area contributed by atoms with Gasteiger partial charge < -0.3 is 0 Å². The number of benzene rings is 2. The van der Waals surface area contributed by atoms with Crippen LogP contribution < -0.4 is 0 Å². The molecule has 0 aliphatic carbocycles. The number of nitrogens with zero attached hydrogens (tertiary/aromatic N) is 1. The molecular weight excluding hydrogens is 270 g/mol. The Morgan fingerprint density at radius 1 is 1.10 bits per heavy atom. The Morgan fingerprint density at radius 3 is 2.35 bits per heavy atom. The molecule has 0 heterocycles. The number of hydrogen-bond donors (Lipinski definition) is 0. The van der Waals surface area contributed by atoms with Gasteiger partial charge in [0.25, 0.3) is 0 Å². The highest BCUT2D eigenvalue weighted by atomic mass is 35.5. The maximum absolute atomic E-state index is 12.3. The molecule has 2 aromatic carbocycles. The van der Waals surface area contributed by atoms with E-state index in [0.717, 1.165) is 5.56 Å².